The minimum atomic E-state index is -0.609. The number of anilines is 1. The van der Waals surface area contributed by atoms with Crippen LogP contribution in [0.3, 0.4) is 0 Å². The van der Waals surface area contributed by atoms with E-state index in [0.29, 0.717) is 12.2 Å². The van der Waals surface area contributed by atoms with Crippen molar-refractivity contribution in [3.63, 3.8) is 0 Å². The molecule has 0 saturated heterocycles. The predicted molar refractivity (Wildman–Crippen MR) is 67.1 cm³/mol. The molecule has 1 heterocycles. The molecule has 0 bridgehead atoms. The summed E-state index contributed by atoms with van der Waals surface area (Å²) in [5.41, 5.74) is 1.27. The maximum atomic E-state index is 13.6. The van der Waals surface area contributed by atoms with E-state index in [4.69, 9.17) is 0 Å². The van der Waals surface area contributed by atoms with Crippen LogP contribution in [0.2, 0.25) is 0 Å². The van der Waals surface area contributed by atoms with Crippen LogP contribution >= 0.6 is 0 Å². The first-order valence-corrected chi connectivity index (χ1v) is 5.73. The van der Waals surface area contributed by atoms with Gasteiger partial charge in [-0.2, -0.15) is 0 Å². The first-order chi connectivity index (χ1) is 8.66. The average Bonchev–Trinajstić information content (AvgIpc) is 2.38. The quantitative estimate of drug-likeness (QED) is 0.488. The molecule has 1 aliphatic rings. The van der Waals surface area contributed by atoms with E-state index in [0.717, 1.165) is 25.6 Å². The molecule has 2 rings (SSSR count). The minimum absolute atomic E-state index is 0.237. The van der Waals surface area contributed by atoms with Crippen molar-refractivity contribution < 1.29 is 9.31 Å². The third kappa shape index (κ3) is 3.04. The molecule has 0 aromatic heterocycles. The van der Waals surface area contributed by atoms with Crippen molar-refractivity contribution in [2.45, 2.75) is 6.42 Å². The van der Waals surface area contributed by atoms with Gasteiger partial charge in [0.2, 0.25) is 0 Å². The maximum Gasteiger partial charge on any atom is 0.272 e. The second kappa shape index (κ2) is 5.59. The number of halogens is 1. The maximum absolute atomic E-state index is 13.6. The van der Waals surface area contributed by atoms with Gasteiger partial charge >= 0.3 is 0 Å². The van der Waals surface area contributed by atoms with Crippen LogP contribution in [0.15, 0.2) is 29.8 Å². The normalized spacial score (nSPS) is 15.1. The Balaban J connectivity index is 2.01. The fourth-order valence-electron chi connectivity index (χ4n) is 1.80. The Morgan fingerprint density at radius 1 is 1.50 bits per heavy atom. The fourth-order valence-corrected chi connectivity index (χ4v) is 1.80. The van der Waals surface area contributed by atoms with E-state index in [1.807, 2.05) is 0 Å². The van der Waals surface area contributed by atoms with Gasteiger partial charge in [-0.05, 0) is 19.0 Å². The van der Waals surface area contributed by atoms with Crippen molar-refractivity contribution in [1.82, 2.24) is 5.32 Å². The van der Waals surface area contributed by atoms with Gasteiger partial charge in [0, 0.05) is 19.2 Å². The van der Waals surface area contributed by atoms with Gasteiger partial charge in [-0.1, -0.05) is 11.6 Å². The largest absolute Gasteiger partial charge is 0.379 e. The highest BCUT2D eigenvalue weighted by atomic mass is 19.1. The topological polar surface area (TPSA) is 67.2 Å². The van der Waals surface area contributed by atoms with E-state index in [-0.39, 0.29) is 5.69 Å². The Bertz CT molecular complexity index is 488. The summed E-state index contributed by atoms with van der Waals surface area (Å²) in [5, 5.41) is 16.6. The van der Waals surface area contributed by atoms with Gasteiger partial charge in [0.25, 0.3) is 5.69 Å². The molecule has 6 heteroatoms. The SMILES string of the molecule is O=[N+]([O-])c1ccc(NCC2=CCNCC2)c(F)c1. The molecule has 5 nitrogen and oxygen atoms in total. The summed E-state index contributed by atoms with van der Waals surface area (Å²) in [6, 6.07) is 3.62. The van der Waals surface area contributed by atoms with E-state index in [9.17, 15) is 14.5 Å². The number of rotatable bonds is 4. The van der Waals surface area contributed by atoms with Crippen LogP contribution in [-0.2, 0) is 0 Å². The molecule has 2 N–H and O–H groups in total. The van der Waals surface area contributed by atoms with Gasteiger partial charge in [0.05, 0.1) is 16.7 Å². The Kier molecular flexibility index (Phi) is 3.88. The zero-order valence-electron chi connectivity index (χ0n) is 9.78. The minimum Gasteiger partial charge on any atom is -0.379 e. The molecule has 96 valence electrons. The molecule has 0 amide bonds. The van der Waals surface area contributed by atoms with Gasteiger partial charge in [0.1, 0.15) is 0 Å². The van der Waals surface area contributed by atoms with E-state index in [1.165, 1.54) is 17.7 Å². The number of benzene rings is 1. The van der Waals surface area contributed by atoms with Gasteiger partial charge < -0.3 is 10.6 Å². The number of nitro groups is 1. The zero-order valence-corrected chi connectivity index (χ0v) is 9.78. The number of nitrogens with zero attached hydrogens (tertiary/aromatic N) is 1. The monoisotopic (exact) mass is 251 g/mol. The highest BCUT2D eigenvalue weighted by Crippen LogP contribution is 2.20. The van der Waals surface area contributed by atoms with Gasteiger partial charge in [-0.15, -0.1) is 0 Å². The molecule has 1 aromatic rings. The summed E-state index contributed by atoms with van der Waals surface area (Å²) in [4.78, 5) is 9.86. The van der Waals surface area contributed by atoms with Crippen molar-refractivity contribution in [3.8, 4) is 0 Å². The number of hydrogen-bond acceptors (Lipinski definition) is 4. The van der Waals surface area contributed by atoms with Crippen LogP contribution in [0.4, 0.5) is 15.8 Å². The first-order valence-electron chi connectivity index (χ1n) is 5.73. The van der Waals surface area contributed by atoms with Crippen LogP contribution in [-0.4, -0.2) is 24.6 Å². The van der Waals surface area contributed by atoms with Crippen LogP contribution in [0.5, 0.6) is 0 Å². The second-order valence-corrected chi connectivity index (χ2v) is 4.09. The molecular weight excluding hydrogens is 237 g/mol. The second-order valence-electron chi connectivity index (χ2n) is 4.09. The summed E-state index contributed by atoms with van der Waals surface area (Å²) in [5.74, 6) is -0.598. The molecule has 0 atom stereocenters. The third-order valence-electron chi connectivity index (χ3n) is 2.83. The third-order valence-corrected chi connectivity index (χ3v) is 2.83. The summed E-state index contributed by atoms with van der Waals surface area (Å²) in [7, 11) is 0. The highest BCUT2D eigenvalue weighted by Gasteiger charge is 2.11. The molecule has 0 spiro atoms. The number of nitrogens with one attached hydrogen (secondary N) is 2. The molecule has 1 aliphatic heterocycles. The van der Waals surface area contributed by atoms with Crippen LogP contribution in [0.1, 0.15) is 6.42 Å². The van der Waals surface area contributed by atoms with Crippen molar-refractivity contribution in [2.24, 2.45) is 0 Å². The van der Waals surface area contributed by atoms with E-state index in [1.54, 1.807) is 0 Å². The first kappa shape index (κ1) is 12.5. The lowest BCUT2D eigenvalue weighted by molar-refractivity contribution is -0.385. The summed E-state index contributed by atoms with van der Waals surface area (Å²) >= 11 is 0. The number of nitro benzene ring substituents is 1. The number of non-ortho nitro benzene ring substituents is 1. The summed E-state index contributed by atoms with van der Waals surface area (Å²) < 4.78 is 13.6. The highest BCUT2D eigenvalue weighted by molar-refractivity contribution is 5.50. The van der Waals surface area contributed by atoms with Crippen molar-refractivity contribution in [2.75, 3.05) is 25.0 Å². The molecule has 0 radical (unpaired) electrons. The molecule has 18 heavy (non-hydrogen) atoms. The fraction of sp³-hybridized carbons (Fsp3) is 0.333. The van der Waals surface area contributed by atoms with Crippen molar-refractivity contribution >= 4 is 11.4 Å². The van der Waals surface area contributed by atoms with Gasteiger partial charge in [-0.3, -0.25) is 10.1 Å². The summed E-state index contributed by atoms with van der Waals surface area (Å²) in [6.45, 7) is 2.33. The molecular formula is C12H14FN3O2. The lowest BCUT2D eigenvalue weighted by Gasteiger charge is -2.15. The van der Waals surface area contributed by atoms with E-state index in [2.05, 4.69) is 16.7 Å². The molecule has 0 fully saturated rings. The van der Waals surface area contributed by atoms with Crippen LogP contribution < -0.4 is 10.6 Å². The van der Waals surface area contributed by atoms with Crippen LogP contribution in [0.25, 0.3) is 0 Å². The van der Waals surface area contributed by atoms with Gasteiger partial charge in [-0.25, -0.2) is 4.39 Å². The van der Waals surface area contributed by atoms with E-state index < -0.39 is 10.7 Å². The average molecular weight is 251 g/mol. The predicted octanol–water partition coefficient (Wildman–Crippen LogP) is 2.07. The number of hydrogen-bond donors (Lipinski definition) is 2. The van der Waals surface area contributed by atoms with Crippen LogP contribution in [0, 0.1) is 15.9 Å². The summed E-state index contributed by atoms with van der Waals surface area (Å²) in [6.07, 6.45) is 3.00. The van der Waals surface area contributed by atoms with Gasteiger partial charge in [0.15, 0.2) is 5.82 Å². The standard InChI is InChI=1S/C12H14FN3O2/c13-11-7-10(16(17)18)1-2-12(11)15-8-9-3-5-14-6-4-9/h1-3,7,14-15H,4-6,8H2. The molecule has 1 aromatic carbocycles. The lowest BCUT2D eigenvalue weighted by atomic mass is 10.1. The molecule has 0 aliphatic carbocycles. The van der Waals surface area contributed by atoms with Crippen molar-refractivity contribution in [3.05, 3.63) is 45.8 Å². The Morgan fingerprint density at radius 3 is 2.94 bits per heavy atom. The van der Waals surface area contributed by atoms with E-state index >= 15 is 0 Å². The van der Waals surface area contributed by atoms with Crippen molar-refractivity contribution in [1.29, 1.82) is 0 Å². The Labute approximate surface area is 104 Å². The Morgan fingerprint density at radius 2 is 2.33 bits per heavy atom. The molecule has 0 unspecified atom stereocenters. The zero-order chi connectivity index (χ0) is 13.0. The lowest BCUT2D eigenvalue weighted by Crippen LogP contribution is -2.23. The Hall–Kier alpha value is -1.95. The molecule has 0 saturated carbocycles. The smallest absolute Gasteiger partial charge is 0.272 e.